The zero-order valence-corrected chi connectivity index (χ0v) is 6.70. The molecule has 12 heavy (non-hydrogen) atoms. The van der Waals surface area contributed by atoms with Gasteiger partial charge in [-0.25, -0.2) is 0 Å². The van der Waals surface area contributed by atoms with Gasteiger partial charge in [-0.05, 0) is 13.0 Å². The van der Waals surface area contributed by atoms with E-state index >= 15 is 0 Å². The van der Waals surface area contributed by atoms with E-state index in [4.69, 9.17) is 0 Å². The van der Waals surface area contributed by atoms with E-state index in [0.29, 0.717) is 0 Å². The van der Waals surface area contributed by atoms with Gasteiger partial charge in [-0.2, -0.15) is 0 Å². The summed E-state index contributed by atoms with van der Waals surface area (Å²) < 4.78 is 0. The first-order chi connectivity index (χ1) is 5.86. The molecule has 1 N–H and O–H groups in total. The Hall–Kier alpha value is -1.64. The molecule has 1 heterocycles. The Bertz CT molecular complexity index is 348. The molecule has 0 atom stereocenters. The van der Waals surface area contributed by atoms with E-state index in [0.717, 1.165) is 11.4 Å². The van der Waals surface area contributed by atoms with Crippen molar-refractivity contribution in [3.63, 3.8) is 0 Å². The van der Waals surface area contributed by atoms with Crippen LogP contribution >= 0.6 is 0 Å². The molecule has 0 aliphatic rings. The second-order valence-corrected chi connectivity index (χ2v) is 2.62. The van der Waals surface area contributed by atoms with Gasteiger partial charge >= 0.3 is 0 Å². The molecule has 0 spiro atoms. The molecule has 3 heteroatoms. The maximum Gasteiger partial charge on any atom is 0.161 e. The number of aryl methyl sites for hydroxylation is 1. The molecule has 0 fully saturated rings. The van der Waals surface area contributed by atoms with E-state index in [1.807, 2.05) is 25.1 Å². The highest BCUT2D eigenvalue weighted by molar-refractivity contribution is 5.53. The molecule has 1 radical (unpaired) electrons. The molecule has 0 aliphatic heterocycles. The van der Waals surface area contributed by atoms with Gasteiger partial charge in [0.2, 0.25) is 0 Å². The van der Waals surface area contributed by atoms with Crippen LogP contribution in [-0.2, 0) is 0 Å². The summed E-state index contributed by atoms with van der Waals surface area (Å²) in [5, 5.41) is 7.57. The predicted molar refractivity (Wildman–Crippen MR) is 45.4 cm³/mol. The van der Waals surface area contributed by atoms with Crippen molar-refractivity contribution in [1.82, 2.24) is 15.2 Å². The second kappa shape index (κ2) is 2.77. The summed E-state index contributed by atoms with van der Waals surface area (Å²) in [7, 11) is 0. The summed E-state index contributed by atoms with van der Waals surface area (Å²) in [5.41, 5.74) is 2.14. The van der Waals surface area contributed by atoms with E-state index in [9.17, 15) is 0 Å². The van der Waals surface area contributed by atoms with Gasteiger partial charge in [0.05, 0.1) is 0 Å². The van der Waals surface area contributed by atoms with Gasteiger partial charge in [-0.15, -0.1) is 10.2 Å². The van der Waals surface area contributed by atoms with E-state index in [1.165, 1.54) is 5.56 Å². The maximum absolute atomic E-state index is 3.88. The summed E-state index contributed by atoms with van der Waals surface area (Å²) in [4.78, 5) is 2.92. The highest BCUT2D eigenvalue weighted by Gasteiger charge is 1.98. The molecule has 0 saturated carbocycles. The molecule has 59 valence electrons. The molecule has 3 nitrogen and oxygen atoms in total. The van der Waals surface area contributed by atoms with Crippen LogP contribution in [0.25, 0.3) is 11.4 Å². The van der Waals surface area contributed by atoms with Crippen molar-refractivity contribution < 1.29 is 0 Å². The average Bonchev–Trinajstić information content (AvgIpc) is 2.58. The average molecular weight is 158 g/mol. The zero-order valence-electron chi connectivity index (χ0n) is 6.70. The number of hydrogen-bond acceptors (Lipinski definition) is 2. The first kappa shape index (κ1) is 7.03. The van der Waals surface area contributed by atoms with E-state index in [-0.39, 0.29) is 0 Å². The molecule has 0 unspecified atom stereocenters. The highest BCUT2D eigenvalue weighted by atomic mass is 15.2. The predicted octanol–water partition coefficient (Wildman–Crippen LogP) is 1.58. The van der Waals surface area contributed by atoms with Gasteiger partial charge in [0.15, 0.2) is 5.82 Å². The largest absolute Gasteiger partial charge is 0.328 e. The second-order valence-electron chi connectivity index (χ2n) is 2.62. The first-order valence-electron chi connectivity index (χ1n) is 3.71. The fourth-order valence-electron chi connectivity index (χ4n) is 0.987. The Morgan fingerprint density at radius 3 is 2.92 bits per heavy atom. The third-order valence-electron chi connectivity index (χ3n) is 1.64. The number of rotatable bonds is 1. The SMILES string of the molecule is Cc1c[c]c(-c2nnc[nH]2)cc1. The fraction of sp³-hybridized carbons (Fsp3) is 0.111. The summed E-state index contributed by atoms with van der Waals surface area (Å²) in [5.74, 6) is 0.759. The van der Waals surface area contributed by atoms with Crippen LogP contribution in [0.4, 0.5) is 0 Å². The van der Waals surface area contributed by atoms with Crippen molar-refractivity contribution >= 4 is 0 Å². The molecule has 0 amide bonds. The highest BCUT2D eigenvalue weighted by Crippen LogP contribution is 2.12. The lowest BCUT2D eigenvalue weighted by Crippen LogP contribution is -1.80. The van der Waals surface area contributed by atoms with Gasteiger partial charge in [-0.1, -0.05) is 23.8 Å². The topological polar surface area (TPSA) is 41.6 Å². The molecule has 0 bridgehead atoms. The lowest BCUT2D eigenvalue weighted by atomic mass is 10.1. The molecular weight excluding hydrogens is 150 g/mol. The van der Waals surface area contributed by atoms with E-state index < -0.39 is 0 Å². The van der Waals surface area contributed by atoms with Crippen LogP contribution in [0.2, 0.25) is 0 Å². The Kier molecular flexibility index (Phi) is 1.63. The van der Waals surface area contributed by atoms with Gasteiger partial charge in [-0.3, -0.25) is 0 Å². The Balaban J connectivity index is 2.43. The quantitative estimate of drug-likeness (QED) is 0.684. The third kappa shape index (κ3) is 1.21. The third-order valence-corrected chi connectivity index (χ3v) is 1.64. The molecule has 2 rings (SSSR count). The van der Waals surface area contributed by atoms with E-state index in [1.54, 1.807) is 6.33 Å². The van der Waals surface area contributed by atoms with Gasteiger partial charge in [0, 0.05) is 5.56 Å². The standard InChI is InChI=1S/C9H8N3/c1-7-2-4-8(5-3-7)9-10-6-11-12-9/h2-4,6H,1H3,(H,10,11,12). The van der Waals surface area contributed by atoms with Gasteiger partial charge in [0.25, 0.3) is 0 Å². The number of benzene rings is 1. The number of hydrogen-bond donors (Lipinski definition) is 1. The molecule has 0 saturated heterocycles. The van der Waals surface area contributed by atoms with Gasteiger partial charge < -0.3 is 4.98 Å². The van der Waals surface area contributed by atoms with Crippen molar-refractivity contribution in [2.45, 2.75) is 6.92 Å². The first-order valence-corrected chi connectivity index (χ1v) is 3.71. The van der Waals surface area contributed by atoms with Crippen LogP contribution < -0.4 is 0 Å². The van der Waals surface area contributed by atoms with Crippen molar-refractivity contribution in [3.8, 4) is 11.4 Å². The van der Waals surface area contributed by atoms with Crippen molar-refractivity contribution in [1.29, 1.82) is 0 Å². The van der Waals surface area contributed by atoms with Crippen molar-refractivity contribution in [3.05, 3.63) is 36.2 Å². The van der Waals surface area contributed by atoms with E-state index in [2.05, 4.69) is 21.2 Å². The van der Waals surface area contributed by atoms with Crippen LogP contribution in [-0.4, -0.2) is 15.2 Å². The van der Waals surface area contributed by atoms with Crippen LogP contribution in [0.1, 0.15) is 5.56 Å². The van der Waals surface area contributed by atoms with Crippen LogP contribution in [0, 0.1) is 13.0 Å². The normalized spacial score (nSPS) is 10.1. The summed E-state index contributed by atoms with van der Waals surface area (Å²) >= 11 is 0. The smallest absolute Gasteiger partial charge is 0.161 e. The summed E-state index contributed by atoms with van der Waals surface area (Å²) in [6.45, 7) is 2.03. The number of nitrogens with zero attached hydrogens (tertiary/aromatic N) is 2. The molecule has 0 aliphatic carbocycles. The number of H-pyrrole nitrogens is 1. The van der Waals surface area contributed by atoms with Crippen LogP contribution in [0.5, 0.6) is 0 Å². The number of aromatic nitrogens is 3. The lowest BCUT2D eigenvalue weighted by Gasteiger charge is -1.94. The molecular formula is C9H8N3. The minimum atomic E-state index is 0.759. The minimum Gasteiger partial charge on any atom is -0.328 e. The Morgan fingerprint density at radius 2 is 2.33 bits per heavy atom. The Labute approximate surface area is 70.5 Å². The summed E-state index contributed by atoms with van der Waals surface area (Å²) in [6.07, 6.45) is 1.56. The van der Waals surface area contributed by atoms with Crippen LogP contribution in [0.15, 0.2) is 24.5 Å². The van der Waals surface area contributed by atoms with Gasteiger partial charge in [0.1, 0.15) is 6.33 Å². The zero-order chi connectivity index (χ0) is 8.39. The summed E-state index contributed by atoms with van der Waals surface area (Å²) in [6, 6.07) is 9.02. The number of nitrogens with one attached hydrogen (secondary N) is 1. The Morgan fingerprint density at radius 1 is 1.42 bits per heavy atom. The van der Waals surface area contributed by atoms with Crippen LogP contribution in [0.3, 0.4) is 0 Å². The van der Waals surface area contributed by atoms with Crippen molar-refractivity contribution in [2.75, 3.05) is 0 Å². The monoisotopic (exact) mass is 158 g/mol. The minimum absolute atomic E-state index is 0.759. The van der Waals surface area contributed by atoms with Crippen molar-refractivity contribution in [2.24, 2.45) is 0 Å². The lowest BCUT2D eigenvalue weighted by molar-refractivity contribution is 1.09. The molecule has 1 aromatic heterocycles. The molecule has 1 aromatic carbocycles. The maximum atomic E-state index is 3.88. The fourth-order valence-corrected chi connectivity index (χ4v) is 0.987. The molecule has 2 aromatic rings. The number of aromatic amines is 1.